The van der Waals surface area contributed by atoms with E-state index in [1.807, 2.05) is 0 Å². The molecule has 1 heterocycles. The summed E-state index contributed by atoms with van der Waals surface area (Å²) < 4.78 is 28.0. The Morgan fingerprint density at radius 3 is 2.53 bits per heavy atom. The number of fused-ring (bicyclic) bond motifs is 1. The van der Waals surface area contributed by atoms with Gasteiger partial charge < -0.3 is 15.0 Å². The largest absolute Gasteiger partial charge is 0.454 e. The average molecular weight is 431 g/mol. The van der Waals surface area contributed by atoms with Crippen LogP contribution in [0.25, 0.3) is 0 Å². The molecule has 10 heteroatoms. The Bertz CT molecular complexity index is 1080. The molecule has 0 radical (unpaired) electrons. The van der Waals surface area contributed by atoms with Crippen LogP contribution in [0.2, 0.25) is 0 Å². The summed E-state index contributed by atoms with van der Waals surface area (Å²) in [6, 6.07) is 11.7. The number of carbonyl (C=O) groups is 3. The summed E-state index contributed by atoms with van der Waals surface area (Å²) in [7, 11) is -3.83. The van der Waals surface area contributed by atoms with E-state index in [0.717, 1.165) is 0 Å². The average Bonchev–Trinajstić information content (AvgIpc) is 3.15. The van der Waals surface area contributed by atoms with Crippen LogP contribution in [0, 0.1) is 0 Å². The fourth-order valence-electron chi connectivity index (χ4n) is 3.08. The molecule has 0 saturated heterocycles. The van der Waals surface area contributed by atoms with Crippen LogP contribution >= 0.6 is 0 Å². The number of nitrogens with zero attached hydrogens (tertiary/aromatic N) is 1. The van der Waals surface area contributed by atoms with E-state index in [1.54, 1.807) is 30.3 Å². The molecule has 3 rings (SSSR count). The van der Waals surface area contributed by atoms with Crippen molar-refractivity contribution in [3.8, 4) is 0 Å². The molecule has 2 aromatic rings. The lowest BCUT2D eigenvalue weighted by Gasteiger charge is -2.18. The molecular weight excluding hydrogens is 410 g/mol. The molecule has 2 aromatic carbocycles. The van der Waals surface area contributed by atoms with Crippen LogP contribution < -0.4 is 15.4 Å². The number of esters is 1. The zero-order chi connectivity index (χ0) is 21.9. The van der Waals surface area contributed by atoms with Gasteiger partial charge in [0, 0.05) is 17.8 Å². The van der Waals surface area contributed by atoms with E-state index in [-0.39, 0.29) is 4.90 Å². The number of benzene rings is 2. The highest BCUT2D eigenvalue weighted by Crippen LogP contribution is 2.30. The van der Waals surface area contributed by atoms with E-state index in [1.165, 1.54) is 30.0 Å². The number of anilines is 1. The maximum absolute atomic E-state index is 12.5. The van der Waals surface area contributed by atoms with E-state index in [9.17, 15) is 22.8 Å². The molecule has 0 unspecified atom stereocenters. The van der Waals surface area contributed by atoms with Gasteiger partial charge in [-0.25, -0.2) is 18.4 Å². The number of sulfonamides is 1. The predicted molar refractivity (Wildman–Crippen MR) is 108 cm³/mol. The first kappa shape index (κ1) is 21.5. The van der Waals surface area contributed by atoms with Crippen LogP contribution in [0.15, 0.2) is 53.4 Å². The number of rotatable bonds is 6. The lowest BCUT2D eigenvalue weighted by molar-refractivity contribution is -0.149. The minimum absolute atomic E-state index is 0.0232. The molecule has 30 heavy (non-hydrogen) atoms. The molecule has 1 aliphatic rings. The number of amides is 2. The lowest BCUT2D eigenvalue weighted by Crippen LogP contribution is -2.41. The molecule has 2 amide bonds. The van der Waals surface area contributed by atoms with Crippen molar-refractivity contribution >= 4 is 33.5 Å². The second kappa shape index (κ2) is 8.64. The predicted octanol–water partition coefficient (Wildman–Crippen LogP) is 0.585. The standard InChI is InChI=1S/C20H21N3O6S/c1-13(22-19(25)14-5-3-2-4-6-14)20(26)29-12-18(24)23-10-9-15-11-16(30(21,27)28)7-8-17(15)23/h2-8,11,13H,9-10,12H2,1H3,(H,22,25)(H2,21,27,28)/t13-/m0/s1. The molecule has 0 saturated carbocycles. The smallest absolute Gasteiger partial charge is 0.328 e. The minimum Gasteiger partial charge on any atom is -0.454 e. The highest BCUT2D eigenvalue weighted by Gasteiger charge is 2.27. The summed E-state index contributed by atoms with van der Waals surface area (Å²) in [4.78, 5) is 38.1. The summed E-state index contributed by atoms with van der Waals surface area (Å²) in [6.45, 7) is 1.30. The van der Waals surface area contributed by atoms with Crippen LogP contribution in [0.4, 0.5) is 5.69 Å². The Labute approximate surface area is 173 Å². The fourth-order valence-corrected chi connectivity index (χ4v) is 3.64. The van der Waals surface area contributed by atoms with E-state index in [0.29, 0.717) is 29.8 Å². The van der Waals surface area contributed by atoms with Crippen molar-refractivity contribution in [2.24, 2.45) is 5.14 Å². The van der Waals surface area contributed by atoms with Crippen LogP contribution in [0.3, 0.4) is 0 Å². The summed E-state index contributed by atoms with van der Waals surface area (Å²) >= 11 is 0. The van der Waals surface area contributed by atoms with Gasteiger partial charge in [0.25, 0.3) is 11.8 Å². The quantitative estimate of drug-likeness (QED) is 0.643. The molecule has 0 fully saturated rings. The Hall–Kier alpha value is -3.24. The molecule has 9 nitrogen and oxygen atoms in total. The van der Waals surface area contributed by atoms with Crippen LogP contribution in [-0.2, 0) is 30.8 Å². The van der Waals surface area contributed by atoms with E-state index in [2.05, 4.69) is 5.32 Å². The van der Waals surface area contributed by atoms with Gasteiger partial charge in [-0.2, -0.15) is 0 Å². The van der Waals surface area contributed by atoms with Crippen LogP contribution in [0.5, 0.6) is 0 Å². The summed E-state index contributed by atoms with van der Waals surface area (Å²) in [5.41, 5.74) is 1.62. The van der Waals surface area contributed by atoms with Gasteiger partial charge in [0.05, 0.1) is 4.90 Å². The number of nitrogens with one attached hydrogen (secondary N) is 1. The van der Waals surface area contributed by atoms with Gasteiger partial charge in [0.1, 0.15) is 6.04 Å². The monoisotopic (exact) mass is 431 g/mol. The molecule has 3 N–H and O–H groups in total. The number of hydrogen-bond acceptors (Lipinski definition) is 6. The lowest BCUT2D eigenvalue weighted by atomic mass is 10.2. The first-order valence-corrected chi connectivity index (χ1v) is 10.7. The number of hydrogen-bond donors (Lipinski definition) is 2. The summed E-state index contributed by atoms with van der Waals surface area (Å²) in [5, 5.41) is 7.65. The Kier molecular flexibility index (Phi) is 6.18. The highest BCUT2D eigenvalue weighted by molar-refractivity contribution is 7.89. The first-order chi connectivity index (χ1) is 14.2. The zero-order valence-electron chi connectivity index (χ0n) is 16.2. The highest BCUT2D eigenvalue weighted by atomic mass is 32.2. The van der Waals surface area contributed by atoms with Crippen molar-refractivity contribution in [3.63, 3.8) is 0 Å². The first-order valence-electron chi connectivity index (χ1n) is 9.15. The van der Waals surface area contributed by atoms with Gasteiger partial charge in [-0.05, 0) is 49.2 Å². The number of ether oxygens (including phenoxy) is 1. The number of nitrogens with two attached hydrogens (primary N) is 1. The molecule has 0 bridgehead atoms. The van der Waals surface area contributed by atoms with Crippen molar-refractivity contribution in [1.82, 2.24) is 5.32 Å². The zero-order valence-corrected chi connectivity index (χ0v) is 17.0. The Morgan fingerprint density at radius 2 is 1.87 bits per heavy atom. The number of primary sulfonamides is 1. The molecule has 1 atom stereocenters. The van der Waals surface area contributed by atoms with E-state index >= 15 is 0 Å². The third kappa shape index (κ3) is 4.84. The summed E-state index contributed by atoms with van der Waals surface area (Å²) in [6.07, 6.45) is 0.460. The van der Waals surface area contributed by atoms with Gasteiger partial charge in [-0.1, -0.05) is 18.2 Å². The van der Waals surface area contributed by atoms with Gasteiger partial charge in [0.15, 0.2) is 6.61 Å². The van der Waals surface area contributed by atoms with Crippen molar-refractivity contribution < 1.29 is 27.5 Å². The van der Waals surface area contributed by atoms with E-state index < -0.39 is 40.5 Å². The normalized spacial score (nSPS) is 14.0. The van der Waals surface area contributed by atoms with Gasteiger partial charge in [0.2, 0.25) is 10.0 Å². The molecule has 0 aliphatic carbocycles. The number of carbonyl (C=O) groups excluding carboxylic acids is 3. The van der Waals surface area contributed by atoms with Gasteiger partial charge in [-0.3, -0.25) is 9.59 Å². The molecular formula is C20H21N3O6S. The summed E-state index contributed by atoms with van der Waals surface area (Å²) in [5.74, 6) is -1.62. The van der Waals surface area contributed by atoms with Crippen molar-refractivity contribution in [2.75, 3.05) is 18.1 Å². The van der Waals surface area contributed by atoms with Crippen molar-refractivity contribution in [3.05, 3.63) is 59.7 Å². The fraction of sp³-hybridized carbons (Fsp3) is 0.250. The van der Waals surface area contributed by atoms with Gasteiger partial charge >= 0.3 is 5.97 Å². The topological polar surface area (TPSA) is 136 Å². The maximum atomic E-state index is 12.5. The van der Waals surface area contributed by atoms with Crippen LogP contribution in [0.1, 0.15) is 22.8 Å². The second-order valence-corrected chi connectivity index (χ2v) is 8.36. The Morgan fingerprint density at radius 1 is 1.17 bits per heavy atom. The third-order valence-electron chi connectivity index (χ3n) is 4.65. The Balaban J connectivity index is 1.56. The molecule has 0 aromatic heterocycles. The van der Waals surface area contributed by atoms with Crippen molar-refractivity contribution in [2.45, 2.75) is 24.3 Å². The van der Waals surface area contributed by atoms with E-state index in [4.69, 9.17) is 9.88 Å². The van der Waals surface area contributed by atoms with Crippen LogP contribution in [-0.4, -0.2) is 45.4 Å². The SMILES string of the molecule is C[C@H](NC(=O)c1ccccc1)C(=O)OCC(=O)N1CCc2cc(S(N)(=O)=O)ccc21. The minimum atomic E-state index is -3.83. The second-order valence-electron chi connectivity index (χ2n) is 6.80. The molecule has 0 spiro atoms. The third-order valence-corrected chi connectivity index (χ3v) is 5.56. The van der Waals surface area contributed by atoms with Gasteiger partial charge in [-0.15, -0.1) is 0 Å². The van der Waals surface area contributed by atoms with Crippen molar-refractivity contribution in [1.29, 1.82) is 0 Å². The molecule has 1 aliphatic heterocycles. The molecule has 158 valence electrons. The maximum Gasteiger partial charge on any atom is 0.328 e.